The maximum absolute atomic E-state index is 5.28. The van der Waals surface area contributed by atoms with Crippen LogP contribution in [0.1, 0.15) is 0 Å². The highest BCUT2D eigenvalue weighted by molar-refractivity contribution is 4.82. The van der Waals surface area contributed by atoms with Gasteiger partial charge in [0.25, 0.3) is 0 Å². The summed E-state index contributed by atoms with van der Waals surface area (Å²) in [6, 6.07) is 0. The molecule has 1 aliphatic heterocycles. The Hall–Kier alpha value is -0.160. The Morgan fingerprint density at radius 3 is 1.75 bits per heavy atom. The summed E-state index contributed by atoms with van der Waals surface area (Å²) < 4.78 is 20.9. The van der Waals surface area contributed by atoms with Gasteiger partial charge in [0.1, 0.15) is 18.3 Å². The molecule has 72 valence electrons. The minimum absolute atomic E-state index is 0.0197. The van der Waals surface area contributed by atoms with E-state index in [4.69, 9.17) is 18.9 Å². The lowest BCUT2D eigenvalue weighted by Crippen LogP contribution is -2.50. The fourth-order valence-corrected chi connectivity index (χ4v) is 1.44. The third kappa shape index (κ3) is 1.95. The summed E-state index contributed by atoms with van der Waals surface area (Å²) in [4.78, 5) is 0. The molecule has 4 nitrogen and oxygen atoms in total. The van der Waals surface area contributed by atoms with Gasteiger partial charge in [-0.15, -0.1) is 0 Å². The van der Waals surface area contributed by atoms with E-state index in [0.29, 0.717) is 13.2 Å². The zero-order valence-electron chi connectivity index (χ0n) is 7.78. The van der Waals surface area contributed by atoms with Crippen LogP contribution in [0.2, 0.25) is 0 Å². The largest absolute Gasteiger partial charge is 0.376 e. The van der Waals surface area contributed by atoms with Gasteiger partial charge in [0.2, 0.25) is 0 Å². The number of rotatable bonds is 3. The molecule has 0 radical (unpaired) electrons. The van der Waals surface area contributed by atoms with Gasteiger partial charge in [-0.25, -0.2) is 0 Å². The average molecular weight is 176 g/mol. The van der Waals surface area contributed by atoms with E-state index in [-0.39, 0.29) is 18.3 Å². The molecule has 1 saturated heterocycles. The fraction of sp³-hybridized carbons (Fsp3) is 1.00. The Bertz CT molecular complexity index is 116. The van der Waals surface area contributed by atoms with Gasteiger partial charge in [-0.05, 0) is 0 Å². The Balaban J connectivity index is 2.52. The highest BCUT2D eigenvalue weighted by Crippen LogP contribution is 2.16. The van der Waals surface area contributed by atoms with Crippen LogP contribution in [0, 0.1) is 0 Å². The first-order valence-corrected chi connectivity index (χ1v) is 3.99. The van der Waals surface area contributed by atoms with Crippen molar-refractivity contribution < 1.29 is 18.9 Å². The Morgan fingerprint density at radius 1 is 0.917 bits per heavy atom. The Kier molecular flexibility index (Phi) is 3.94. The van der Waals surface area contributed by atoms with Crippen molar-refractivity contribution in [3.63, 3.8) is 0 Å². The molecule has 0 saturated carbocycles. The SMILES string of the molecule is COC1[C@@H](OC)COC[C@H]1OC. The van der Waals surface area contributed by atoms with Gasteiger partial charge in [0, 0.05) is 21.3 Å². The monoisotopic (exact) mass is 176 g/mol. The second-order valence-corrected chi connectivity index (χ2v) is 2.79. The predicted molar refractivity (Wildman–Crippen MR) is 43.2 cm³/mol. The summed E-state index contributed by atoms with van der Waals surface area (Å²) in [6.07, 6.45) is -0.0591. The molecule has 12 heavy (non-hydrogen) atoms. The maximum Gasteiger partial charge on any atom is 0.114 e. The van der Waals surface area contributed by atoms with Crippen molar-refractivity contribution in [2.45, 2.75) is 18.3 Å². The van der Waals surface area contributed by atoms with Gasteiger partial charge in [-0.2, -0.15) is 0 Å². The predicted octanol–water partition coefficient (Wildman–Crippen LogP) is 0.0616. The van der Waals surface area contributed by atoms with Gasteiger partial charge in [-0.3, -0.25) is 0 Å². The molecule has 1 aliphatic rings. The van der Waals surface area contributed by atoms with Gasteiger partial charge < -0.3 is 18.9 Å². The maximum atomic E-state index is 5.28. The van der Waals surface area contributed by atoms with E-state index in [1.807, 2.05) is 0 Å². The molecule has 0 amide bonds. The lowest BCUT2D eigenvalue weighted by atomic mass is 10.1. The van der Waals surface area contributed by atoms with Crippen LogP contribution in [0.4, 0.5) is 0 Å². The van der Waals surface area contributed by atoms with Gasteiger partial charge in [0.15, 0.2) is 0 Å². The third-order valence-electron chi connectivity index (χ3n) is 2.17. The highest BCUT2D eigenvalue weighted by Gasteiger charge is 2.34. The van der Waals surface area contributed by atoms with Crippen LogP contribution in [0.15, 0.2) is 0 Å². The number of methoxy groups -OCH3 is 3. The summed E-state index contributed by atoms with van der Waals surface area (Å²) in [5.74, 6) is 0. The van der Waals surface area contributed by atoms with Crippen molar-refractivity contribution in [1.29, 1.82) is 0 Å². The zero-order chi connectivity index (χ0) is 8.97. The third-order valence-corrected chi connectivity index (χ3v) is 2.17. The van der Waals surface area contributed by atoms with E-state index >= 15 is 0 Å². The molecule has 0 aliphatic carbocycles. The van der Waals surface area contributed by atoms with Crippen molar-refractivity contribution in [3.05, 3.63) is 0 Å². The van der Waals surface area contributed by atoms with Crippen molar-refractivity contribution in [2.24, 2.45) is 0 Å². The van der Waals surface area contributed by atoms with Crippen molar-refractivity contribution in [3.8, 4) is 0 Å². The standard InChI is InChI=1S/C8H16O4/c1-9-6-4-12-5-7(10-2)8(6)11-3/h6-8H,4-5H2,1-3H3/t6-,7+,8?. The summed E-state index contributed by atoms with van der Waals surface area (Å²) in [7, 11) is 4.96. The molecule has 0 aromatic rings. The first-order chi connectivity index (χ1) is 5.83. The van der Waals surface area contributed by atoms with Crippen LogP contribution < -0.4 is 0 Å². The molecule has 1 heterocycles. The zero-order valence-corrected chi connectivity index (χ0v) is 7.78. The molecule has 3 atom stereocenters. The molecular formula is C8H16O4. The summed E-state index contributed by atoms with van der Waals surface area (Å²) in [6.45, 7) is 1.16. The number of hydrogen-bond acceptors (Lipinski definition) is 4. The van der Waals surface area contributed by atoms with Crippen LogP contribution in [0.5, 0.6) is 0 Å². The van der Waals surface area contributed by atoms with E-state index in [1.54, 1.807) is 21.3 Å². The molecule has 0 aromatic heterocycles. The molecule has 0 bridgehead atoms. The first kappa shape index (κ1) is 9.92. The quantitative estimate of drug-likeness (QED) is 0.609. The fourth-order valence-electron chi connectivity index (χ4n) is 1.44. The highest BCUT2D eigenvalue weighted by atomic mass is 16.6. The number of ether oxygens (including phenoxy) is 4. The van der Waals surface area contributed by atoms with Crippen molar-refractivity contribution >= 4 is 0 Å². The Morgan fingerprint density at radius 2 is 1.42 bits per heavy atom. The number of hydrogen-bond donors (Lipinski definition) is 0. The molecular weight excluding hydrogens is 160 g/mol. The average Bonchev–Trinajstić information content (AvgIpc) is 2.16. The molecule has 0 spiro atoms. The second-order valence-electron chi connectivity index (χ2n) is 2.79. The van der Waals surface area contributed by atoms with Crippen molar-refractivity contribution in [2.75, 3.05) is 34.5 Å². The van der Waals surface area contributed by atoms with Gasteiger partial charge in [-0.1, -0.05) is 0 Å². The molecule has 1 rings (SSSR count). The van der Waals surface area contributed by atoms with E-state index in [9.17, 15) is 0 Å². The topological polar surface area (TPSA) is 36.9 Å². The van der Waals surface area contributed by atoms with Crippen LogP contribution in [0.25, 0.3) is 0 Å². The summed E-state index contributed by atoms with van der Waals surface area (Å²) in [5.41, 5.74) is 0. The van der Waals surface area contributed by atoms with Crippen molar-refractivity contribution in [1.82, 2.24) is 0 Å². The lowest BCUT2D eigenvalue weighted by Gasteiger charge is -2.35. The molecule has 1 fully saturated rings. The Labute approximate surface area is 72.7 Å². The minimum atomic E-state index is -0.0197. The second kappa shape index (κ2) is 4.77. The minimum Gasteiger partial charge on any atom is -0.376 e. The van der Waals surface area contributed by atoms with Crippen LogP contribution in [0.3, 0.4) is 0 Å². The van der Waals surface area contributed by atoms with E-state index in [2.05, 4.69) is 0 Å². The van der Waals surface area contributed by atoms with Crippen LogP contribution in [-0.2, 0) is 18.9 Å². The molecule has 1 unspecified atom stereocenters. The van der Waals surface area contributed by atoms with E-state index in [0.717, 1.165) is 0 Å². The van der Waals surface area contributed by atoms with Gasteiger partial charge in [0.05, 0.1) is 13.2 Å². The van der Waals surface area contributed by atoms with Crippen LogP contribution >= 0.6 is 0 Å². The van der Waals surface area contributed by atoms with E-state index in [1.165, 1.54) is 0 Å². The first-order valence-electron chi connectivity index (χ1n) is 3.99. The van der Waals surface area contributed by atoms with Crippen LogP contribution in [-0.4, -0.2) is 52.9 Å². The smallest absolute Gasteiger partial charge is 0.114 e. The molecule has 4 heteroatoms. The molecule has 0 N–H and O–H groups in total. The van der Waals surface area contributed by atoms with E-state index < -0.39 is 0 Å². The molecule has 0 aromatic carbocycles. The lowest BCUT2D eigenvalue weighted by molar-refractivity contribution is -0.180. The summed E-state index contributed by atoms with van der Waals surface area (Å²) in [5, 5.41) is 0. The van der Waals surface area contributed by atoms with Gasteiger partial charge >= 0.3 is 0 Å². The summed E-state index contributed by atoms with van der Waals surface area (Å²) >= 11 is 0. The normalized spacial score (nSPS) is 36.8.